The van der Waals surface area contributed by atoms with Crippen molar-refractivity contribution in [1.29, 1.82) is 0 Å². The fourth-order valence-electron chi connectivity index (χ4n) is 3.69. The minimum Gasteiger partial charge on any atom is -0.299 e. The zero-order chi connectivity index (χ0) is 26.5. The molecule has 2 aromatic heterocycles. The van der Waals surface area contributed by atoms with Gasteiger partial charge < -0.3 is 0 Å². The average molecular weight is 553 g/mol. The van der Waals surface area contributed by atoms with E-state index in [4.69, 9.17) is 0 Å². The third-order valence-electron chi connectivity index (χ3n) is 5.52. The number of halogens is 1. The van der Waals surface area contributed by atoms with Gasteiger partial charge in [-0.1, -0.05) is 47.2 Å². The van der Waals surface area contributed by atoms with Crippen LogP contribution in [0.3, 0.4) is 0 Å². The van der Waals surface area contributed by atoms with Crippen molar-refractivity contribution in [2.45, 2.75) is 38.8 Å². The molecule has 0 aliphatic carbocycles. The molecule has 0 spiro atoms. The van der Waals surface area contributed by atoms with Gasteiger partial charge in [-0.25, -0.2) is 4.39 Å². The summed E-state index contributed by atoms with van der Waals surface area (Å²) >= 11 is 4.11. The molecular weight excluding hydrogens is 530 g/mol. The highest BCUT2D eigenvalue weighted by molar-refractivity contribution is 8.08. The highest BCUT2D eigenvalue weighted by atomic mass is 32.2. The summed E-state index contributed by atoms with van der Waals surface area (Å²) in [6.45, 7) is 6.29. The number of nitrogens with zero attached hydrogens (tertiary/aromatic N) is 3. The first-order chi connectivity index (χ1) is 17.8. The normalized spacial score (nSPS) is 12.3. The number of benzene rings is 2. The number of aromatic nitrogens is 2. The first-order valence-corrected chi connectivity index (χ1v) is 13.8. The quantitative estimate of drug-likeness (QED) is 0.112. The number of nitro benzene ring substituents is 1. The second kappa shape index (κ2) is 11.7. The van der Waals surface area contributed by atoms with E-state index in [1.807, 2.05) is 36.1 Å². The van der Waals surface area contributed by atoms with Crippen LogP contribution in [0.5, 0.6) is 0 Å². The summed E-state index contributed by atoms with van der Waals surface area (Å²) in [5.74, 6) is 5.58. The van der Waals surface area contributed by atoms with Crippen LogP contribution in [0.4, 0.5) is 10.1 Å². The van der Waals surface area contributed by atoms with Crippen LogP contribution in [0.2, 0.25) is 0 Å². The van der Waals surface area contributed by atoms with Gasteiger partial charge in [0.2, 0.25) is 0 Å². The number of hydrogen-bond acceptors (Lipinski definition) is 6. The molecule has 188 valence electrons. The molecule has 4 rings (SSSR count). The minimum atomic E-state index is -0.379. The summed E-state index contributed by atoms with van der Waals surface area (Å²) in [4.78, 5) is 25.8. The molecule has 6 nitrogen and oxygen atoms in total. The molecule has 0 unspecified atom stereocenters. The van der Waals surface area contributed by atoms with Gasteiger partial charge in [0.05, 0.1) is 26.8 Å². The maximum Gasteiger partial charge on any atom is 0.278 e. The molecule has 10 heteroatoms. The average Bonchev–Trinajstić information content (AvgIpc) is 3.44. The number of thiazole rings is 2. The predicted octanol–water partition coefficient (Wildman–Crippen LogP) is 4.44. The number of para-hydroxylation sites is 1. The molecule has 0 fully saturated rings. The third kappa shape index (κ3) is 5.91. The number of rotatable bonds is 7. The molecule has 0 atom stereocenters. The van der Waals surface area contributed by atoms with Crippen molar-refractivity contribution in [3.8, 4) is 11.8 Å². The summed E-state index contributed by atoms with van der Waals surface area (Å²) in [6.07, 6.45) is 3.80. The SMILES string of the molecule is CC#C/C(Sc1cc(F)ccc1C)=c1\s/c(=C\c2scc[n+]2Cc2ccccc2[N+](=O)[O-])n(CC)c1=O. The number of nitro groups is 1. The Balaban J connectivity index is 1.83. The molecule has 2 heterocycles. The van der Waals surface area contributed by atoms with Crippen LogP contribution in [0.1, 0.15) is 30.0 Å². The van der Waals surface area contributed by atoms with Crippen LogP contribution < -0.4 is 19.3 Å². The van der Waals surface area contributed by atoms with Crippen LogP contribution in [-0.2, 0) is 13.1 Å². The smallest absolute Gasteiger partial charge is 0.278 e. The summed E-state index contributed by atoms with van der Waals surface area (Å²) in [5.41, 5.74) is 1.41. The van der Waals surface area contributed by atoms with Gasteiger partial charge >= 0.3 is 0 Å². The van der Waals surface area contributed by atoms with E-state index in [1.165, 1.54) is 52.6 Å². The Hall–Kier alpha value is -3.52. The molecule has 0 saturated heterocycles. The fourth-order valence-corrected chi connectivity index (χ4v) is 6.80. The molecule has 0 radical (unpaired) electrons. The number of thioether (sulfide) groups is 1. The van der Waals surface area contributed by atoms with E-state index >= 15 is 0 Å². The van der Waals surface area contributed by atoms with Gasteiger partial charge in [0.15, 0.2) is 12.7 Å². The van der Waals surface area contributed by atoms with Gasteiger partial charge in [0, 0.05) is 17.5 Å². The minimum absolute atomic E-state index is 0.0677. The third-order valence-corrected chi connectivity index (χ3v) is 8.81. The topological polar surface area (TPSA) is 69.0 Å². The summed E-state index contributed by atoms with van der Waals surface area (Å²) < 4.78 is 18.8. The van der Waals surface area contributed by atoms with E-state index in [9.17, 15) is 19.3 Å². The van der Waals surface area contributed by atoms with Gasteiger partial charge in [-0.2, -0.15) is 4.57 Å². The Morgan fingerprint density at radius 1 is 1.30 bits per heavy atom. The van der Waals surface area contributed by atoms with E-state index in [0.29, 0.717) is 33.0 Å². The number of aryl methyl sites for hydroxylation is 1. The largest absolute Gasteiger partial charge is 0.299 e. The molecule has 0 bridgehead atoms. The van der Waals surface area contributed by atoms with Crippen LogP contribution in [0.15, 0.2) is 63.7 Å². The zero-order valence-corrected chi connectivity index (χ0v) is 22.8. The maximum absolute atomic E-state index is 13.9. The highest BCUT2D eigenvalue weighted by Gasteiger charge is 2.20. The lowest BCUT2D eigenvalue weighted by molar-refractivity contribution is -0.685. The fraction of sp³-hybridized carbons (Fsp3) is 0.185. The van der Waals surface area contributed by atoms with Crippen molar-refractivity contribution in [2.24, 2.45) is 0 Å². The Labute approximate surface area is 225 Å². The Morgan fingerprint density at radius 3 is 2.81 bits per heavy atom. The van der Waals surface area contributed by atoms with Gasteiger partial charge in [-0.3, -0.25) is 19.5 Å². The lowest BCUT2D eigenvalue weighted by atomic mass is 10.2. The van der Waals surface area contributed by atoms with Crippen molar-refractivity contribution in [1.82, 2.24) is 4.57 Å². The first-order valence-electron chi connectivity index (χ1n) is 11.3. The second-order valence-electron chi connectivity index (χ2n) is 7.93. The van der Waals surface area contributed by atoms with E-state index in [2.05, 4.69) is 11.8 Å². The summed E-state index contributed by atoms with van der Waals surface area (Å²) in [5, 5.41) is 14.2. The Kier molecular flexibility index (Phi) is 8.38. The zero-order valence-electron chi connectivity index (χ0n) is 20.4. The molecule has 0 amide bonds. The monoisotopic (exact) mass is 552 g/mol. The molecule has 0 N–H and O–H groups in total. The molecular formula is C27H23FN3O3S3+. The molecule has 0 aliphatic rings. The van der Waals surface area contributed by atoms with Crippen LogP contribution in [0, 0.1) is 34.7 Å². The van der Waals surface area contributed by atoms with Gasteiger partial charge in [0.25, 0.3) is 16.3 Å². The standard InChI is InChI=1S/C27H23FN3O3S3/c1-4-8-22(36-23-15-20(28)12-11-18(23)3)26-27(32)30(5-2)25(37-26)16-24-29(13-14-35-24)17-19-9-6-7-10-21(19)31(33)34/h6-7,9-16H,5,17H2,1-3H3/q+1/b26-22+. The number of hydrogen-bond donors (Lipinski definition) is 0. The molecule has 4 aromatic rings. The van der Waals surface area contributed by atoms with Crippen LogP contribution in [0.25, 0.3) is 11.0 Å². The second-order valence-corrected chi connectivity index (χ2v) is 10.9. The van der Waals surface area contributed by atoms with Gasteiger partial charge in [-0.05, 0) is 44.5 Å². The van der Waals surface area contributed by atoms with Crippen molar-refractivity contribution in [3.63, 3.8) is 0 Å². The van der Waals surface area contributed by atoms with Gasteiger partial charge in [0.1, 0.15) is 15.0 Å². The lowest BCUT2D eigenvalue weighted by Gasteiger charge is -2.04. The Morgan fingerprint density at radius 2 is 2.08 bits per heavy atom. The van der Waals surface area contributed by atoms with E-state index in [1.54, 1.807) is 35.8 Å². The maximum atomic E-state index is 13.9. The summed E-state index contributed by atoms with van der Waals surface area (Å²) in [6, 6.07) is 11.2. The van der Waals surface area contributed by atoms with Crippen LogP contribution in [-0.4, -0.2) is 9.49 Å². The van der Waals surface area contributed by atoms with Crippen LogP contribution >= 0.6 is 34.4 Å². The molecule has 2 aromatic carbocycles. The highest BCUT2D eigenvalue weighted by Crippen LogP contribution is 2.30. The lowest BCUT2D eigenvalue weighted by Crippen LogP contribution is -2.36. The van der Waals surface area contributed by atoms with E-state index in [0.717, 1.165) is 15.2 Å². The van der Waals surface area contributed by atoms with Crippen molar-refractivity contribution >= 4 is 51.1 Å². The molecule has 0 aliphatic heterocycles. The Bertz CT molecular complexity index is 1720. The van der Waals surface area contributed by atoms with E-state index in [-0.39, 0.29) is 22.0 Å². The molecule has 37 heavy (non-hydrogen) atoms. The van der Waals surface area contributed by atoms with E-state index < -0.39 is 0 Å². The van der Waals surface area contributed by atoms with Crippen molar-refractivity contribution in [2.75, 3.05) is 0 Å². The van der Waals surface area contributed by atoms with Crippen molar-refractivity contribution < 1.29 is 13.9 Å². The first kappa shape index (κ1) is 26.5. The predicted molar refractivity (Wildman–Crippen MR) is 148 cm³/mol. The molecule has 0 saturated carbocycles. The summed E-state index contributed by atoms with van der Waals surface area (Å²) in [7, 11) is 0. The van der Waals surface area contributed by atoms with Gasteiger partial charge in [-0.15, -0.1) is 17.3 Å². The van der Waals surface area contributed by atoms with Crippen molar-refractivity contribution in [3.05, 3.63) is 106 Å².